The van der Waals surface area contributed by atoms with Crippen molar-refractivity contribution in [1.82, 2.24) is 9.55 Å². The normalized spacial score (nSPS) is 16.6. The van der Waals surface area contributed by atoms with Crippen molar-refractivity contribution in [2.24, 2.45) is 12.5 Å². The lowest BCUT2D eigenvalue weighted by Gasteiger charge is -2.38. The highest BCUT2D eigenvalue weighted by Gasteiger charge is 2.28. The molecule has 4 rings (SSSR count). The van der Waals surface area contributed by atoms with E-state index in [-0.39, 0.29) is 22.2 Å². The Balaban J connectivity index is 2.01. The zero-order valence-corrected chi connectivity index (χ0v) is 16.1. The largest absolute Gasteiger partial charge is 0.477 e. The fraction of sp³-hybridized carbons (Fsp3) is 0.381. The lowest BCUT2D eigenvalue weighted by atomic mass is 9.82. The molecule has 0 radical (unpaired) electrons. The van der Waals surface area contributed by atoms with Gasteiger partial charge in [-0.15, -0.1) is 0 Å². The molecule has 0 amide bonds. The minimum absolute atomic E-state index is 0.212. The number of hydrogen-bond donors (Lipinski definition) is 1. The van der Waals surface area contributed by atoms with Crippen molar-refractivity contribution >= 4 is 33.5 Å². The molecule has 146 valence electrons. The van der Waals surface area contributed by atoms with Gasteiger partial charge in [0.1, 0.15) is 11.4 Å². The van der Waals surface area contributed by atoms with Gasteiger partial charge in [0.25, 0.3) is 0 Å². The number of carbonyl (C=O) groups is 1. The summed E-state index contributed by atoms with van der Waals surface area (Å²) in [6.07, 6.45) is 4.67. The number of anilines is 1. The lowest BCUT2D eigenvalue weighted by Crippen LogP contribution is -2.38. The van der Waals surface area contributed by atoms with Gasteiger partial charge >= 0.3 is 5.97 Å². The maximum absolute atomic E-state index is 14.8. The van der Waals surface area contributed by atoms with Crippen LogP contribution in [0, 0.1) is 11.2 Å². The summed E-state index contributed by atoms with van der Waals surface area (Å²) in [5.41, 5.74) is 0.618. The molecular weight excluding hydrogens is 361 g/mol. The number of pyridine rings is 2. The third-order valence-corrected chi connectivity index (χ3v) is 5.78. The topological polar surface area (TPSA) is 75.4 Å². The number of halogens is 1. The molecule has 0 aliphatic carbocycles. The van der Waals surface area contributed by atoms with Crippen LogP contribution in [0.1, 0.15) is 37.0 Å². The maximum atomic E-state index is 14.8. The number of piperidine rings is 1. The molecule has 0 saturated carbocycles. The zero-order chi connectivity index (χ0) is 20.2. The van der Waals surface area contributed by atoms with Crippen LogP contribution in [0.3, 0.4) is 0 Å². The highest BCUT2D eigenvalue weighted by atomic mass is 19.1. The third-order valence-electron chi connectivity index (χ3n) is 5.78. The number of aromatic carboxylic acids is 1. The van der Waals surface area contributed by atoms with Gasteiger partial charge in [-0.3, -0.25) is 9.78 Å². The van der Waals surface area contributed by atoms with E-state index < -0.39 is 11.4 Å². The second-order valence-corrected chi connectivity index (χ2v) is 8.25. The smallest absolute Gasteiger partial charge is 0.341 e. The summed E-state index contributed by atoms with van der Waals surface area (Å²) in [6.45, 7) is 5.81. The molecule has 0 bridgehead atoms. The van der Waals surface area contributed by atoms with E-state index in [0.29, 0.717) is 35.2 Å². The summed E-state index contributed by atoms with van der Waals surface area (Å²) in [5, 5.41) is 10.1. The molecule has 1 saturated heterocycles. The van der Waals surface area contributed by atoms with Crippen LogP contribution >= 0.6 is 0 Å². The first-order chi connectivity index (χ1) is 13.2. The number of carboxylic acids is 1. The Morgan fingerprint density at radius 2 is 1.93 bits per heavy atom. The molecule has 1 aliphatic rings. The van der Waals surface area contributed by atoms with E-state index in [9.17, 15) is 19.1 Å². The quantitative estimate of drug-likeness (QED) is 0.685. The van der Waals surface area contributed by atoms with Crippen LogP contribution in [-0.4, -0.2) is 33.7 Å². The molecule has 28 heavy (non-hydrogen) atoms. The number of hydrogen-bond acceptors (Lipinski definition) is 4. The maximum Gasteiger partial charge on any atom is 0.341 e. The molecule has 0 unspecified atom stereocenters. The Morgan fingerprint density at radius 1 is 1.25 bits per heavy atom. The predicted molar refractivity (Wildman–Crippen MR) is 107 cm³/mol. The van der Waals surface area contributed by atoms with Crippen LogP contribution in [0.4, 0.5) is 10.1 Å². The van der Waals surface area contributed by atoms with E-state index in [1.165, 1.54) is 24.5 Å². The van der Waals surface area contributed by atoms with E-state index in [4.69, 9.17) is 0 Å². The molecular formula is C21H22FN3O3. The van der Waals surface area contributed by atoms with Gasteiger partial charge in [-0.1, -0.05) is 13.8 Å². The van der Waals surface area contributed by atoms with Crippen LogP contribution < -0.4 is 10.3 Å². The Kier molecular flexibility index (Phi) is 4.14. The van der Waals surface area contributed by atoms with Gasteiger partial charge in [0.2, 0.25) is 5.43 Å². The molecule has 0 atom stereocenters. The highest BCUT2D eigenvalue weighted by Crippen LogP contribution is 2.37. The minimum atomic E-state index is -1.28. The first kappa shape index (κ1) is 18.4. The van der Waals surface area contributed by atoms with Crippen LogP contribution in [-0.2, 0) is 7.05 Å². The number of aryl methyl sites for hydroxylation is 1. The molecule has 6 nitrogen and oxygen atoms in total. The van der Waals surface area contributed by atoms with E-state index in [0.717, 1.165) is 12.8 Å². The Labute approximate surface area is 161 Å². The zero-order valence-electron chi connectivity index (χ0n) is 16.1. The molecule has 1 aromatic carbocycles. The molecule has 1 aliphatic heterocycles. The molecule has 0 spiro atoms. The summed E-state index contributed by atoms with van der Waals surface area (Å²) < 4.78 is 16.4. The average molecular weight is 383 g/mol. The van der Waals surface area contributed by atoms with E-state index >= 15 is 0 Å². The first-order valence-electron chi connectivity index (χ1n) is 9.28. The van der Waals surface area contributed by atoms with Crippen LogP contribution in [0.25, 0.3) is 21.8 Å². The van der Waals surface area contributed by atoms with E-state index in [2.05, 4.69) is 18.8 Å². The number of rotatable bonds is 2. The first-order valence-corrected chi connectivity index (χ1v) is 9.28. The molecule has 3 aromatic rings. The summed E-state index contributed by atoms with van der Waals surface area (Å²) >= 11 is 0. The number of benzene rings is 1. The number of carboxylic acid groups (broad SMARTS) is 1. The summed E-state index contributed by atoms with van der Waals surface area (Å²) in [5.74, 6) is -1.67. The molecule has 7 heteroatoms. The lowest BCUT2D eigenvalue weighted by molar-refractivity contribution is 0.0695. The van der Waals surface area contributed by atoms with Crippen molar-refractivity contribution in [3.63, 3.8) is 0 Å². The number of nitrogens with zero attached hydrogens (tertiary/aromatic N) is 3. The van der Waals surface area contributed by atoms with E-state index in [1.54, 1.807) is 11.6 Å². The van der Waals surface area contributed by atoms with Gasteiger partial charge in [0, 0.05) is 31.7 Å². The number of aromatic nitrogens is 2. The predicted octanol–water partition coefficient (Wildman–Crippen LogP) is 3.55. The minimum Gasteiger partial charge on any atom is -0.477 e. The monoisotopic (exact) mass is 383 g/mol. The summed E-state index contributed by atoms with van der Waals surface area (Å²) in [7, 11) is 1.67. The summed E-state index contributed by atoms with van der Waals surface area (Å²) in [4.78, 5) is 30.8. The highest BCUT2D eigenvalue weighted by molar-refractivity contribution is 6.09. The van der Waals surface area contributed by atoms with Crippen molar-refractivity contribution in [2.75, 3.05) is 18.0 Å². The number of fused-ring (bicyclic) bond motifs is 3. The Bertz CT molecular complexity index is 1170. The fourth-order valence-electron chi connectivity index (χ4n) is 3.97. The third kappa shape index (κ3) is 2.82. The van der Waals surface area contributed by atoms with Gasteiger partial charge in [-0.2, -0.15) is 0 Å². The average Bonchev–Trinajstić information content (AvgIpc) is 2.64. The van der Waals surface area contributed by atoms with Gasteiger partial charge in [0.05, 0.1) is 28.3 Å². The van der Waals surface area contributed by atoms with Gasteiger partial charge in [0.15, 0.2) is 0 Å². The van der Waals surface area contributed by atoms with Crippen LogP contribution in [0.5, 0.6) is 0 Å². The van der Waals surface area contributed by atoms with Crippen molar-refractivity contribution in [2.45, 2.75) is 26.7 Å². The van der Waals surface area contributed by atoms with Gasteiger partial charge in [-0.05, 0) is 30.4 Å². The van der Waals surface area contributed by atoms with Crippen LogP contribution in [0.2, 0.25) is 0 Å². The van der Waals surface area contributed by atoms with Crippen molar-refractivity contribution in [3.8, 4) is 0 Å². The van der Waals surface area contributed by atoms with Crippen molar-refractivity contribution < 1.29 is 14.3 Å². The van der Waals surface area contributed by atoms with Gasteiger partial charge < -0.3 is 14.6 Å². The molecule has 1 fully saturated rings. The molecule has 1 N–H and O–H groups in total. The summed E-state index contributed by atoms with van der Waals surface area (Å²) in [6, 6.07) is 2.86. The molecule has 3 heterocycles. The van der Waals surface area contributed by atoms with Crippen LogP contribution in [0.15, 0.2) is 29.3 Å². The van der Waals surface area contributed by atoms with Crippen molar-refractivity contribution in [1.29, 1.82) is 0 Å². The second-order valence-electron chi connectivity index (χ2n) is 8.25. The van der Waals surface area contributed by atoms with E-state index in [1.807, 2.05) is 4.90 Å². The Hall–Kier alpha value is -2.96. The van der Waals surface area contributed by atoms with Crippen molar-refractivity contribution in [3.05, 3.63) is 46.1 Å². The molecule has 2 aromatic heterocycles. The second kappa shape index (κ2) is 6.29. The van der Waals surface area contributed by atoms with Gasteiger partial charge in [-0.25, -0.2) is 9.18 Å². The standard InChI is InChI=1S/C21H22FN3O3/c1-21(2)6-8-25(9-7-21)18-14(22)5-4-12-16-15(10-23-17(12)18)24(3)11-13(19(16)26)20(27)28/h4-5,10-11H,6-9H2,1-3H3,(H,27,28). The fourth-order valence-corrected chi connectivity index (χ4v) is 3.97. The SMILES string of the molecule is Cn1cc(C(=O)O)c(=O)c2c3ccc(F)c(N4CCC(C)(C)CC4)c3ncc21. The Morgan fingerprint density at radius 3 is 2.57 bits per heavy atom.